The molecule has 0 unspecified atom stereocenters. The smallest absolute Gasteiger partial charge is 0.175 e. The molecule has 2 rings (SSSR count). The van der Waals surface area contributed by atoms with Gasteiger partial charge in [-0.25, -0.2) is 4.98 Å². The first-order valence-electron chi connectivity index (χ1n) is 3.96. The van der Waals surface area contributed by atoms with E-state index >= 15 is 0 Å². The van der Waals surface area contributed by atoms with Gasteiger partial charge in [-0.15, -0.1) is 0 Å². The normalized spacial score (nSPS) is 10.5. The van der Waals surface area contributed by atoms with Crippen molar-refractivity contribution in [3.8, 4) is 0 Å². The fourth-order valence-electron chi connectivity index (χ4n) is 1.39. The Bertz CT molecular complexity index is 469. The number of nitrogens with two attached hydrogens (primary N) is 1. The van der Waals surface area contributed by atoms with Crippen LogP contribution in [-0.4, -0.2) is 15.4 Å². The summed E-state index contributed by atoms with van der Waals surface area (Å²) < 4.78 is 1.82. The van der Waals surface area contributed by atoms with Crippen LogP contribution in [0.2, 0.25) is 0 Å². The van der Waals surface area contributed by atoms with Gasteiger partial charge in [0.05, 0.1) is 11.0 Å². The number of nitrogens with one attached hydrogen (secondary N) is 1. The predicted octanol–water partition coefficient (Wildman–Crippen LogP) is 0.857. The van der Waals surface area contributed by atoms with E-state index in [4.69, 9.17) is 11.1 Å². The number of nitrogens with zero attached hydrogens (tertiary/aromatic N) is 2. The Hall–Kier alpha value is -1.84. The van der Waals surface area contributed by atoms with Crippen LogP contribution in [0.4, 0.5) is 0 Å². The molecule has 3 N–H and O–H groups in total. The molecule has 0 saturated carbocycles. The van der Waals surface area contributed by atoms with Gasteiger partial charge in [-0.3, -0.25) is 5.41 Å². The summed E-state index contributed by atoms with van der Waals surface area (Å²) in [5.41, 5.74) is 7.24. The first-order chi connectivity index (χ1) is 6.20. The van der Waals surface area contributed by atoms with E-state index in [1.54, 1.807) is 0 Å². The van der Waals surface area contributed by atoms with Crippen LogP contribution in [0.25, 0.3) is 11.0 Å². The number of nitrogen functional groups attached to an aromatic ring is 1. The van der Waals surface area contributed by atoms with Crippen molar-refractivity contribution in [2.45, 2.75) is 0 Å². The molecule has 0 aliphatic rings. The Balaban J connectivity index is 2.81. The molecule has 0 saturated heterocycles. The highest BCUT2D eigenvalue weighted by Crippen LogP contribution is 2.13. The van der Waals surface area contributed by atoms with Crippen LogP contribution in [0.5, 0.6) is 0 Å². The van der Waals surface area contributed by atoms with Crippen molar-refractivity contribution in [3.63, 3.8) is 0 Å². The number of aryl methyl sites for hydroxylation is 1. The molecule has 1 aromatic carbocycles. The second-order valence-corrected chi connectivity index (χ2v) is 2.90. The summed E-state index contributed by atoms with van der Waals surface area (Å²) in [5.74, 6) is 0.514. The highest BCUT2D eigenvalue weighted by molar-refractivity contribution is 5.95. The first kappa shape index (κ1) is 7.79. The average molecular weight is 174 g/mol. The number of aromatic nitrogens is 2. The SMILES string of the molecule is Cn1c(C(=N)N)nc2ccccc21. The van der Waals surface area contributed by atoms with Gasteiger partial charge in [0, 0.05) is 7.05 Å². The third-order valence-corrected chi connectivity index (χ3v) is 2.03. The number of imidazole rings is 1. The second kappa shape index (κ2) is 2.58. The molecule has 1 heterocycles. The van der Waals surface area contributed by atoms with Crippen LogP contribution < -0.4 is 5.73 Å². The lowest BCUT2D eigenvalue weighted by atomic mass is 10.3. The molecule has 2 aromatic rings. The second-order valence-electron chi connectivity index (χ2n) is 2.90. The summed E-state index contributed by atoms with van der Waals surface area (Å²) in [4.78, 5) is 4.23. The molecule has 66 valence electrons. The summed E-state index contributed by atoms with van der Waals surface area (Å²) in [5, 5.41) is 7.30. The Morgan fingerprint density at radius 1 is 1.46 bits per heavy atom. The van der Waals surface area contributed by atoms with Gasteiger partial charge in [-0.05, 0) is 12.1 Å². The molecule has 0 spiro atoms. The van der Waals surface area contributed by atoms with Crippen LogP contribution in [0.15, 0.2) is 24.3 Å². The molecule has 4 nitrogen and oxygen atoms in total. The zero-order valence-corrected chi connectivity index (χ0v) is 7.28. The molecule has 0 bridgehead atoms. The molecule has 0 amide bonds. The zero-order chi connectivity index (χ0) is 9.42. The summed E-state index contributed by atoms with van der Waals surface area (Å²) in [7, 11) is 1.85. The zero-order valence-electron chi connectivity index (χ0n) is 7.28. The topological polar surface area (TPSA) is 67.7 Å². The molecule has 0 atom stereocenters. The lowest BCUT2D eigenvalue weighted by Gasteiger charge is -1.97. The minimum atomic E-state index is -0.00120. The molecule has 0 aliphatic carbocycles. The molecular weight excluding hydrogens is 164 g/mol. The van der Waals surface area contributed by atoms with Crippen molar-refractivity contribution in [2.24, 2.45) is 12.8 Å². The van der Waals surface area contributed by atoms with Gasteiger partial charge in [0.1, 0.15) is 0 Å². The maximum Gasteiger partial charge on any atom is 0.175 e. The van der Waals surface area contributed by atoms with Gasteiger partial charge < -0.3 is 10.3 Å². The van der Waals surface area contributed by atoms with Crippen molar-refractivity contribution >= 4 is 16.9 Å². The van der Waals surface area contributed by atoms with E-state index in [0.717, 1.165) is 11.0 Å². The summed E-state index contributed by atoms with van der Waals surface area (Å²) >= 11 is 0. The molecule has 0 fully saturated rings. The molecular formula is C9H10N4. The molecule has 1 aromatic heterocycles. The number of benzene rings is 1. The Morgan fingerprint density at radius 3 is 2.77 bits per heavy atom. The molecule has 0 aliphatic heterocycles. The average Bonchev–Trinajstić information content (AvgIpc) is 2.45. The Morgan fingerprint density at radius 2 is 2.15 bits per heavy atom. The fourth-order valence-corrected chi connectivity index (χ4v) is 1.39. The van der Waals surface area contributed by atoms with E-state index in [1.165, 1.54) is 0 Å². The molecule has 4 heteroatoms. The van der Waals surface area contributed by atoms with Crippen molar-refractivity contribution in [3.05, 3.63) is 30.1 Å². The van der Waals surface area contributed by atoms with E-state index in [9.17, 15) is 0 Å². The lowest BCUT2D eigenvalue weighted by Crippen LogP contribution is -2.16. The van der Waals surface area contributed by atoms with Crippen LogP contribution in [0.3, 0.4) is 0 Å². The molecule has 0 radical (unpaired) electrons. The van der Waals surface area contributed by atoms with Crippen LogP contribution in [0, 0.1) is 5.41 Å². The van der Waals surface area contributed by atoms with E-state index < -0.39 is 0 Å². The summed E-state index contributed by atoms with van der Waals surface area (Å²) in [6.07, 6.45) is 0. The van der Waals surface area contributed by atoms with E-state index in [2.05, 4.69) is 4.98 Å². The van der Waals surface area contributed by atoms with Crippen LogP contribution in [-0.2, 0) is 7.05 Å². The van der Waals surface area contributed by atoms with Crippen molar-refractivity contribution in [2.75, 3.05) is 0 Å². The highest BCUT2D eigenvalue weighted by Gasteiger charge is 2.07. The third-order valence-electron chi connectivity index (χ3n) is 2.03. The van der Waals surface area contributed by atoms with Crippen molar-refractivity contribution in [1.29, 1.82) is 5.41 Å². The monoisotopic (exact) mass is 174 g/mol. The number of hydrogen-bond acceptors (Lipinski definition) is 2. The largest absolute Gasteiger partial charge is 0.381 e. The Kier molecular flexibility index (Phi) is 1.55. The first-order valence-corrected chi connectivity index (χ1v) is 3.96. The maximum absolute atomic E-state index is 7.30. The van der Waals surface area contributed by atoms with E-state index in [1.807, 2.05) is 35.9 Å². The van der Waals surface area contributed by atoms with Crippen molar-refractivity contribution in [1.82, 2.24) is 9.55 Å². The van der Waals surface area contributed by atoms with Crippen LogP contribution in [0.1, 0.15) is 5.82 Å². The minimum absolute atomic E-state index is 0.00120. The van der Waals surface area contributed by atoms with Gasteiger partial charge in [-0.2, -0.15) is 0 Å². The lowest BCUT2D eigenvalue weighted by molar-refractivity contribution is 0.924. The third kappa shape index (κ3) is 1.07. The van der Waals surface area contributed by atoms with Gasteiger partial charge in [0.25, 0.3) is 0 Å². The molecule has 13 heavy (non-hydrogen) atoms. The minimum Gasteiger partial charge on any atom is -0.381 e. The maximum atomic E-state index is 7.30. The summed E-state index contributed by atoms with van der Waals surface area (Å²) in [6.45, 7) is 0. The number of fused-ring (bicyclic) bond motifs is 1. The predicted molar refractivity (Wildman–Crippen MR) is 51.7 cm³/mol. The number of para-hydroxylation sites is 2. The quantitative estimate of drug-likeness (QED) is 0.497. The number of amidine groups is 1. The van der Waals surface area contributed by atoms with E-state index in [0.29, 0.717) is 5.82 Å². The Labute approximate surface area is 75.5 Å². The van der Waals surface area contributed by atoms with Gasteiger partial charge in [0.2, 0.25) is 0 Å². The van der Waals surface area contributed by atoms with Gasteiger partial charge in [0.15, 0.2) is 11.7 Å². The van der Waals surface area contributed by atoms with Crippen molar-refractivity contribution < 1.29 is 0 Å². The van der Waals surface area contributed by atoms with Gasteiger partial charge in [-0.1, -0.05) is 12.1 Å². The van der Waals surface area contributed by atoms with Gasteiger partial charge >= 0.3 is 0 Å². The van der Waals surface area contributed by atoms with E-state index in [-0.39, 0.29) is 5.84 Å². The number of rotatable bonds is 1. The summed E-state index contributed by atoms with van der Waals surface area (Å²) in [6, 6.07) is 7.71. The fraction of sp³-hybridized carbons (Fsp3) is 0.111. The number of hydrogen-bond donors (Lipinski definition) is 2. The highest BCUT2D eigenvalue weighted by atomic mass is 15.1. The van der Waals surface area contributed by atoms with Crippen LogP contribution >= 0.6 is 0 Å². The standard InChI is InChI=1S/C9H10N4/c1-13-7-5-3-2-4-6(7)12-9(13)8(10)11/h2-5H,1H3,(H3,10,11).